The maximum atomic E-state index is 11.8. The molecule has 0 N–H and O–H groups in total. The van der Waals surface area contributed by atoms with Crippen molar-refractivity contribution in [1.82, 2.24) is 0 Å². The predicted octanol–water partition coefficient (Wildman–Crippen LogP) is 2.70. The highest BCUT2D eigenvalue weighted by atomic mass is 16.5. The topological polar surface area (TPSA) is 43.4 Å². The molecule has 0 heterocycles. The monoisotopic (exact) mass is 220 g/mol. The zero-order valence-electron chi connectivity index (χ0n) is 9.82. The first kappa shape index (κ1) is 12.4. The van der Waals surface area contributed by atoms with Crippen molar-refractivity contribution >= 4 is 11.8 Å². The van der Waals surface area contributed by atoms with Gasteiger partial charge < -0.3 is 4.74 Å². The van der Waals surface area contributed by atoms with Gasteiger partial charge in [-0.1, -0.05) is 26.0 Å². The summed E-state index contributed by atoms with van der Waals surface area (Å²) < 4.78 is 4.60. The van der Waals surface area contributed by atoms with Gasteiger partial charge in [0.15, 0.2) is 5.78 Å². The van der Waals surface area contributed by atoms with Crippen LogP contribution in [0, 0.1) is 5.92 Å². The third-order valence-electron chi connectivity index (χ3n) is 2.20. The molecule has 0 amide bonds. The van der Waals surface area contributed by atoms with Gasteiger partial charge in [-0.25, -0.2) is 4.79 Å². The highest BCUT2D eigenvalue weighted by molar-refractivity contribution is 5.99. The van der Waals surface area contributed by atoms with E-state index in [-0.39, 0.29) is 5.78 Å². The van der Waals surface area contributed by atoms with Crippen molar-refractivity contribution in [3.8, 4) is 0 Å². The van der Waals surface area contributed by atoms with Gasteiger partial charge in [-0.3, -0.25) is 4.79 Å². The quantitative estimate of drug-likeness (QED) is 0.578. The number of benzene rings is 1. The summed E-state index contributed by atoms with van der Waals surface area (Å²) in [6.07, 6.45) is 0.491. The minimum atomic E-state index is -0.417. The van der Waals surface area contributed by atoms with E-state index in [2.05, 4.69) is 4.74 Å². The molecular formula is C13H16O3. The Morgan fingerprint density at radius 1 is 1.25 bits per heavy atom. The fourth-order valence-corrected chi connectivity index (χ4v) is 1.43. The molecular weight excluding hydrogens is 204 g/mol. The van der Waals surface area contributed by atoms with Crippen LogP contribution in [0.3, 0.4) is 0 Å². The molecule has 1 aromatic carbocycles. The number of methoxy groups -OCH3 is 1. The lowest BCUT2D eigenvalue weighted by molar-refractivity contribution is 0.0600. The molecule has 1 rings (SSSR count). The Morgan fingerprint density at radius 3 is 2.44 bits per heavy atom. The Bertz CT molecular complexity index is 394. The van der Waals surface area contributed by atoms with Gasteiger partial charge in [0.05, 0.1) is 12.7 Å². The number of rotatable bonds is 4. The Labute approximate surface area is 95.4 Å². The van der Waals surface area contributed by atoms with Gasteiger partial charge in [0.1, 0.15) is 0 Å². The van der Waals surface area contributed by atoms with Crippen LogP contribution < -0.4 is 0 Å². The Kier molecular flexibility index (Phi) is 4.23. The second-order valence-corrected chi connectivity index (χ2v) is 4.09. The number of carbonyl (C=O) groups is 2. The summed E-state index contributed by atoms with van der Waals surface area (Å²) in [6.45, 7) is 3.98. The Hall–Kier alpha value is -1.64. The smallest absolute Gasteiger partial charge is 0.337 e. The molecule has 86 valence electrons. The third-order valence-corrected chi connectivity index (χ3v) is 2.20. The van der Waals surface area contributed by atoms with Gasteiger partial charge in [0, 0.05) is 12.0 Å². The number of ether oxygens (including phenoxy) is 1. The SMILES string of the molecule is COC(=O)c1cccc(C(=O)CC(C)C)c1. The molecule has 0 spiro atoms. The summed E-state index contributed by atoms with van der Waals surface area (Å²) in [5.74, 6) is -0.0470. The maximum absolute atomic E-state index is 11.8. The minimum absolute atomic E-state index is 0.0563. The average molecular weight is 220 g/mol. The Balaban J connectivity index is 2.90. The van der Waals surface area contributed by atoms with E-state index in [0.29, 0.717) is 23.5 Å². The molecule has 0 aromatic heterocycles. The summed E-state index contributed by atoms with van der Waals surface area (Å²) in [7, 11) is 1.32. The highest BCUT2D eigenvalue weighted by Gasteiger charge is 2.11. The van der Waals surface area contributed by atoms with Gasteiger partial charge in [0.2, 0.25) is 0 Å². The van der Waals surface area contributed by atoms with E-state index in [9.17, 15) is 9.59 Å². The first-order valence-corrected chi connectivity index (χ1v) is 5.26. The van der Waals surface area contributed by atoms with Crippen LogP contribution in [0.1, 0.15) is 41.0 Å². The maximum Gasteiger partial charge on any atom is 0.337 e. The molecule has 3 heteroatoms. The van der Waals surface area contributed by atoms with E-state index in [1.807, 2.05) is 13.8 Å². The lowest BCUT2D eigenvalue weighted by Gasteiger charge is -2.05. The molecule has 0 radical (unpaired) electrons. The van der Waals surface area contributed by atoms with E-state index in [4.69, 9.17) is 0 Å². The molecule has 0 bridgehead atoms. The molecule has 0 atom stereocenters. The summed E-state index contributed by atoms with van der Waals surface area (Å²) in [5, 5.41) is 0. The van der Waals surface area contributed by atoms with E-state index >= 15 is 0 Å². The van der Waals surface area contributed by atoms with Crippen LogP contribution in [0.25, 0.3) is 0 Å². The van der Waals surface area contributed by atoms with Crippen molar-refractivity contribution in [2.45, 2.75) is 20.3 Å². The lowest BCUT2D eigenvalue weighted by Crippen LogP contribution is -2.06. The van der Waals surface area contributed by atoms with Crippen LogP contribution in [0.4, 0.5) is 0 Å². The highest BCUT2D eigenvalue weighted by Crippen LogP contribution is 2.12. The zero-order valence-corrected chi connectivity index (χ0v) is 9.82. The van der Waals surface area contributed by atoms with Crippen LogP contribution in [0.2, 0.25) is 0 Å². The zero-order chi connectivity index (χ0) is 12.1. The molecule has 0 saturated heterocycles. The van der Waals surface area contributed by atoms with E-state index < -0.39 is 5.97 Å². The number of esters is 1. The molecule has 0 fully saturated rings. The number of carbonyl (C=O) groups excluding carboxylic acids is 2. The van der Waals surface area contributed by atoms with Crippen LogP contribution in [-0.2, 0) is 4.74 Å². The second kappa shape index (κ2) is 5.45. The molecule has 0 aliphatic heterocycles. The fraction of sp³-hybridized carbons (Fsp3) is 0.385. The van der Waals surface area contributed by atoms with Crippen molar-refractivity contribution in [3.05, 3.63) is 35.4 Å². The number of ketones is 1. The van der Waals surface area contributed by atoms with E-state index in [1.54, 1.807) is 24.3 Å². The molecule has 0 saturated carbocycles. The third kappa shape index (κ3) is 3.19. The summed E-state index contributed by atoms with van der Waals surface area (Å²) in [6, 6.07) is 6.63. The van der Waals surface area contributed by atoms with Crippen LogP contribution in [-0.4, -0.2) is 18.9 Å². The van der Waals surface area contributed by atoms with Gasteiger partial charge in [0.25, 0.3) is 0 Å². The summed E-state index contributed by atoms with van der Waals surface area (Å²) in [5.41, 5.74) is 0.980. The van der Waals surface area contributed by atoms with Crippen molar-refractivity contribution in [2.24, 2.45) is 5.92 Å². The molecule has 0 aliphatic carbocycles. The van der Waals surface area contributed by atoms with Gasteiger partial charge >= 0.3 is 5.97 Å². The molecule has 16 heavy (non-hydrogen) atoms. The molecule has 0 aliphatic rings. The fourth-order valence-electron chi connectivity index (χ4n) is 1.43. The standard InChI is InChI=1S/C13H16O3/c1-9(2)7-12(14)10-5-4-6-11(8-10)13(15)16-3/h4-6,8-9H,7H2,1-3H3. The number of Topliss-reactive ketones (excluding diaryl/α,β-unsaturated/α-hetero) is 1. The first-order valence-electron chi connectivity index (χ1n) is 5.26. The van der Waals surface area contributed by atoms with Gasteiger partial charge in [-0.15, -0.1) is 0 Å². The van der Waals surface area contributed by atoms with Gasteiger partial charge in [-0.05, 0) is 18.1 Å². The van der Waals surface area contributed by atoms with Crippen molar-refractivity contribution < 1.29 is 14.3 Å². The van der Waals surface area contributed by atoms with Crippen molar-refractivity contribution in [3.63, 3.8) is 0 Å². The normalized spacial score (nSPS) is 10.2. The summed E-state index contributed by atoms with van der Waals surface area (Å²) in [4.78, 5) is 23.0. The van der Waals surface area contributed by atoms with E-state index in [0.717, 1.165) is 0 Å². The molecule has 1 aromatic rings. The van der Waals surface area contributed by atoms with Crippen molar-refractivity contribution in [2.75, 3.05) is 7.11 Å². The van der Waals surface area contributed by atoms with Crippen LogP contribution in [0.15, 0.2) is 24.3 Å². The Morgan fingerprint density at radius 2 is 1.88 bits per heavy atom. The first-order chi connectivity index (χ1) is 7.54. The van der Waals surface area contributed by atoms with E-state index in [1.165, 1.54) is 7.11 Å². The number of hydrogen-bond donors (Lipinski definition) is 0. The largest absolute Gasteiger partial charge is 0.465 e. The minimum Gasteiger partial charge on any atom is -0.465 e. The van der Waals surface area contributed by atoms with Gasteiger partial charge in [-0.2, -0.15) is 0 Å². The average Bonchev–Trinajstić information content (AvgIpc) is 2.27. The second-order valence-electron chi connectivity index (χ2n) is 4.09. The lowest BCUT2D eigenvalue weighted by atomic mass is 10.00. The molecule has 0 unspecified atom stereocenters. The number of hydrogen-bond acceptors (Lipinski definition) is 3. The predicted molar refractivity (Wildman–Crippen MR) is 61.6 cm³/mol. The van der Waals surface area contributed by atoms with Crippen LogP contribution >= 0.6 is 0 Å². The van der Waals surface area contributed by atoms with Crippen molar-refractivity contribution in [1.29, 1.82) is 0 Å². The molecule has 3 nitrogen and oxygen atoms in total. The summed E-state index contributed by atoms with van der Waals surface area (Å²) >= 11 is 0. The van der Waals surface area contributed by atoms with Crippen LogP contribution in [0.5, 0.6) is 0 Å².